The zero-order valence-electron chi connectivity index (χ0n) is 8.39. The average Bonchev–Trinajstić information content (AvgIpc) is 2.01. The van der Waals surface area contributed by atoms with Crippen LogP contribution in [-0.2, 0) is 4.79 Å². The molecular formula is C9H13ClN2O2. The maximum absolute atomic E-state index is 11.4. The van der Waals surface area contributed by atoms with E-state index >= 15 is 0 Å². The Morgan fingerprint density at radius 3 is 2.36 bits per heavy atom. The van der Waals surface area contributed by atoms with Crippen molar-refractivity contribution in [2.75, 3.05) is 5.88 Å². The number of aliphatic hydroxyl groups excluding tert-OH is 1. The third-order valence-electron chi connectivity index (χ3n) is 1.24. The van der Waals surface area contributed by atoms with Gasteiger partial charge in [0, 0.05) is 5.54 Å². The number of halogens is 1. The molecule has 14 heavy (non-hydrogen) atoms. The number of amides is 1. The number of nitriles is 1. The van der Waals surface area contributed by atoms with E-state index in [1.165, 1.54) is 0 Å². The van der Waals surface area contributed by atoms with Gasteiger partial charge in [-0.05, 0) is 20.8 Å². The van der Waals surface area contributed by atoms with Crippen molar-refractivity contribution in [2.45, 2.75) is 26.3 Å². The molecule has 4 nitrogen and oxygen atoms in total. The minimum Gasteiger partial charge on any atom is -0.509 e. The first-order chi connectivity index (χ1) is 6.31. The lowest BCUT2D eigenvalue weighted by atomic mass is 10.1. The fraction of sp³-hybridized carbons (Fsp3) is 0.556. The third-order valence-corrected chi connectivity index (χ3v) is 1.50. The van der Waals surface area contributed by atoms with Crippen molar-refractivity contribution in [3.8, 4) is 6.07 Å². The van der Waals surface area contributed by atoms with Crippen LogP contribution in [0, 0.1) is 11.3 Å². The predicted molar refractivity (Wildman–Crippen MR) is 53.9 cm³/mol. The lowest BCUT2D eigenvalue weighted by Gasteiger charge is -2.20. The number of rotatable bonds is 2. The molecule has 0 unspecified atom stereocenters. The molecule has 0 fully saturated rings. The van der Waals surface area contributed by atoms with E-state index < -0.39 is 17.2 Å². The second-order valence-corrected chi connectivity index (χ2v) is 4.04. The number of hydrogen-bond donors (Lipinski definition) is 2. The Morgan fingerprint density at radius 2 is 2.07 bits per heavy atom. The Bertz CT molecular complexity index is 297. The molecule has 2 N–H and O–H groups in total. The van der Waals surface area contributed by atoms with Crippen molar-refractivity contribution < 1.29 is 9.90 Å². The molecule has 1 amide bonds. The minimum absolute atomic E-state index is 0.250. The van der Waals surface area contributed by atoms with Crippen LogP contribution in [0.2, 0.25) is 0 Å². The molecule has 0 bridgehead atoms. The molecule has 0 aromatic heterocycles. The summed E-state index contributed by atoms with van der Waals surface area (Å²) >= 11 is 5.30. The zero-order chi connectivity index (χ0) is 11.4. The van der Waals surface area contributed by atoms with E-state index in [1.54, 1.807) is 26.8 Å². The monoisotopic (exact) mass is 216 g/mol. The number of nitrogens with zero attached hydrogens (tertiary/aromatic N) is 1. The van der Waals surface area contributed by atoms with Gasteiger partial charge in [0.2, 0.25) is 0 Å². The van der Waals surface area contributed by atoms with Crippen LogP contribution in [0.5, 0.6) is 0 Å². The smallest absolute Gasteiger partial charge is 0.265 e. The highest BCUT2D eigenvalue weighted by Crippen LogP contribution is 2.06. The van der Waals surface area contributed by atoms with Gasteiger partial charge in [-0.2, -0.15) is 5.26 Å². The highest BCUT2D eigenvalue weighted by molar-refractivity contribution is 6.19. The van der Waals surface area contributed by atoms with E-state index in [0.717, 1.165) is 0 Å². The summed E-state index contributed by atoms with van der Waals surface area (Å²) in [4.78, 5) is 11.4. The molecule has 0 aliphatic rings. The number of hydrogen-bond acceptors (Lipinski definition) is 3. The molecule has 0 saturated carbocycles. The predicted octanol–water partition coefficient (Wildman–Crippen LogP) is 1.48. The second kappa shape index (κ2) is 4.87. The highest BCUT2D eigenvalue weighted by atomic mass is 35.5. The Hall–Kier alpha value is -1.21. The van der Waals surface area contributed by atoms with Crippen LogP contribution in [-0.4, -0.2) is 22.4 Å². The molecule has 0 aliphatic carbocycles. The van der Waals surface area contributed by atoms with Gasteiger partial charge in [-0.1, -0.05) is 0 Å². The molecule has 0 aromatic rings. The van der Waals surface area contributed by atoms with E-state index in [0.29, 0.717) is 0 Å². The third kappa shape index (κ3) is 4.15. The van der Waals surface area contributed by atoms with Crippen LogP contribution in [0.3, 0.4) is 0 Å². The molecule has 5 heteroatoms. The largest absolute Gasteiger partial charge is 0.509 e. The molecule has 78 valence electrons. The molecule has 0 aromatic carbocycles. The number of alkyl halides is 1. The van der Waals surface area contributed by atoms with Gasteiger partial charge in [-0.15, -0.1) is 11.6 Å². The van der Waals surface area contributed by atoms with Crippen LogP contribution in [0.15, 0.2) is 11.3 Å². The van der Waals surface area contributed by atoms with Crippen molar-refractivity contribution in [3.05, 3.63) is 11.3 Å². The maximum atomic E-state index is 11.4. The van der Waals surface area contributed by atoms with Gasteiger partial charge >= 0.3 is 0 Å². The SMILES string of the molecule is CC(C)(C)NC(=O)/C(C#N)=C(\O)CCl. The Kier molecular flexibility index (Phi) is 4.45. The topological polar surface area (TPSA) is 73.1 Å². The van der Waals surface area contributed by atoms with Crippen LogP contribution in [0.4, 0.5) is 0 Å². The first kappa shape index (κ1) is 12.8. The van der Waals surface area contributed by atoms with Crippen molar-refractivity contribution in [1.29, 1.82) is 5.26 Å². The van der Waals surface area contributed by atoms with Crippen molar-refractivity contribution in [2.24, 2.45) is 0 Å². The first-order valence-electron chi connectivity index (χ1n) is 4.02. The zero-order valence-corrected chi connectivity index (χ0v) is 9.14. The Balaban J connectivity index is 4.78. The summed E-state index contributed by atoms with van der Waals surface area (Å²) in [7, 11) is 0. The molecule has 0 saturated heterocycles. The molecular weight excluding hydrogens is 204 g/mol. The fourth-order valence-corrected chi connectivity index (χ4v) is 0.850. The Labute approximate surface area is 88.2 Å². The summed E-state index contributed by atoms with van der Waals surface area (Å²) in [5.41, 5.74) is -0.791. The van der Waals surface area contributed by atoms with E-state index in [1.807, 2.05) is 0 Å². The van der Waals surface area contributed by atoms with Crippen LogP contribution >= 0.6 is 11.6 Å². The highest BCUT2D eigenvalue weighted by Gasteiger charge is 2.19. The first-order valence-corrected chi connectivity index (χ1v) is 4.56. The molecule has 0 heterocycles. The number of carbonyl (C=O) groups excluding carboxylic acids is 1. The lowest BCUT2D eigenvalue weighted by molar-refractivity contribution is -0.118. The summed E-state index contributed by atoms with van der Waals surface area (Å²) in [6.07, 6.45) is 0. The van der Waals surface area contributed by atoms with E-state index in [4.69, 9.17) is 22.0 Å². The van der Waals surface area contributed by atoms with Gasteiger partial charge in [0.1, 0.15) is 11.8 Å². The number of aliphatic hydroxyl groups is 1. The van der Waals surface area contributed by atoms with Crippen LogP contribution in [0.1, 0.15) is 20.8 Å². The summed E-state index contributed by atoms with van der Waals surface area (Å²) in [6.45, 7) is 5.33. The van der Waals surface area contributed by atoms with Gasteiger partial charge in [0.25, 0.3) is 5.91 Å². The molecule has 0 rings (SSSR count). The van der Waals surface area contributed by atoms with Crippen molar-refractivity contribution >= 4 is 17.5 Å². The van der Waals surface area contributed by atoms with E-state index in [-0.39, 0.29) is 11.5 Å². The number of carbonyl (C=O) groups is 1. The fourth-order valence-electron chi connectivity index (χ4n) is 0.716. The van der Waals surface area contributed by atoms with Crippen molar-refractivity contribution in [1.82, 2.24) is 5.32 Å². The minimum atomic E-state index is -0.613. The average molecular weight is 217 g/mol. The molecule has 0 spiro atoms. The number of nitrogens with one attached hydrogen (secondary N) is 1. The number of allylic oxidation sites excluding steroid dienone is 1. The molecule has 0 aliphatic heterocycles. The maximum Gasteiger partial charge on any atom is 0.265 e. The van der Waals surface area contributed by atoms with E-state index in [2.05, 4.69) is 5.32 Å². The van der Waals surface area contributed by atoms with E-state index in [9.17, 15) is 4.79 Å². The standard InChI is InChI=1S/C9H13ClN2O2/c1-9(2,3)12-8(14)6(5-11)7(13)4-10/h13H,4H2,1-3H3,(H,12,14)/b7-6-. The van der Waals surface area contributed by atoms with Crippen LogP contribution < -0.4 is 5.32 Å². The Morgan fingerprint density at radius 1 is 1.57 bits per heavy atom. The lowest BCUT2D eigenvalue weighted by Crippen LogP contribution is -2.41. The molecule has 0 atom stereocenters. The van der Waals surface area contributed by atoms with Crippen LogP contribution in [0.25, 0.3) is 0 Å². The van der Waals surface area contributed by atoms with Gasteiger partial charge < -0.3 is 10.4 Å². The van der Waals surface area contributed by atoms with Gasteiger partial charge in [-0.25, -0.2) is 0 Å². The summed E-state index contributed by atoms with van der Waals surface area (Å²) in [5.74, 6) is -1.27. The second-order valence-electron chi connectivity index (χ2n) is 3.77. The summed E-state index contributed by atoms with van der Waals surface area (Å²) < 4.78 is 0. The van der Waals surface area contributed by atoms with Gasteiger partial charge in [0.05, 0.1) is 5.88 Å². The molecule has 0 radical (unpaired) electrons. The summed E-state index contributed by atoms with van der Waals surface area (Å²) in [5, 5.41) is 20.3. The quantitative estimate of drug-likeness (QED) is 0.318. The van der Waals surface area contributed by atoms with Gasteiger partial charge in [0.15, 0.2) is 5.57 Å². The van der Waals surface area contributed by atoms with Crippen molar-refractivity contribution in [3.63, 3.8) is 0 Å². The van der Waals surface area contributed by atoms with Gasteiger partial charge in [-0.3, -0.25) is 4.79 Å². The normalized spacial score (nSPS) is 12.8. The summed E-state index contributed by atoms with van der Waals surface area (Å²) in [6, 6.07) is 1.61.